The lowest BCUT2D eigenvalue weighted by molar-refractivity contribution is -0.141. The third-order valence-electron chi connectivity index (χ3n) is 10.2. The predicted molar refractivity (Wildman–Crippen MR) is 278 cm³/mol. The second-order valence-electron chi connectivity index (χ2n) is 18.8. The Labute approximate surface area is 440 Å². The summed E-state index contributed by atoms with van der Waals surface area (Å²) in [6.07, 6.45) is 10.3. The molecule has 0 aliphatic rings. The van der Waals surface area contributed by atoms with Crippen molar-refractivity contribution in [2.45, 2.75) is 91.5 Å². The van der Waals surface area contributed by atoms with E-state index in [9.17, 15) is 19.2 Å². The van der Waals surface area contributed by atoms with Crippen molar-refractivity contribution in [3.8, 4) is 22.9 Å². The molecule has 0 saturated carbocycles. The van der Waals surface area contributed by atoms with E-state index in [2.05, 4.69) is 76.8 Å². The van der Waals surface area contributed by atoms with Gasteiger partial charge in [-0.1, -0.05) is 10.4 Å². The smallest absolute Gasteiger partial charge is 0.407 e. The number of carbonyl (C=O) groups excluding carboxylic acids is 3. The fraction of sp³-hybridized carbons (Fsp3) is 0.388. The summed E-state index contributed by atoms with van der Waals surface area (Å²) >= 11 is 0. The van der Waals surface area contributed by atoms with E-state index in [1.165, 1.54) is 16.5 Å². The predicted octanol–water partition coefficient (Wildman–Crippen LogP) is 5.93. The molecule has 28 nitrogen and oxygen atoms in total. The molecular formula is C49H60N18O10. The molecule has 2 aromatic carbocycles. The van der Waals surface area contributed by atoms with Crippen molar-refractivity contribution in [2.24, 2.45) is 0 Å². The molecule has 0 aliphatic carbocycles. The molecule has 0 fully saturated rings. The van der Waals surface area contributed by atoms with Gasteiger partial charge < -0.3 is 50.1 Å². The van der Waals surface area contributed by atoms with Crippen LogP contribution in [0, 0.1) is 0 Å². The van der Waals surface area contributed by atoms with Gasteiger partial charge >= 0.3 is 24.1 Å². The van der Waals surface area contributed by atoms with Crippen LogP contribution >= 0.6 is 0 Å². The van der Waals surface area contributed by atoms with Crippen LogP contribution in [0.5, 0.6) is 11.5 Å². The number of amides is 2. The van der Waals surface area contributed by atoms with Gasteiger partial charge in [0.15, 0.2) is 22.3 Å². The van der Waals surface area contributed by atoms with Crippen LogP contribution in [0.15, 0.2) is 85.7 Å². The topological polar surface area (TPSA) is 331 Å². The van der Waals surface area contributed by atoms with Crippen molar-refractivity contribution in [2.75, 3.05) is 44.0 Å². The summed E-state index contributed by atoms with van der Waals surface area (Å²) in [6.45, 7) is 13.3. The summed E-state index contributed by atoms with van der Waals surface area (Å²) < 4.78 is 32.7. The van der Waals surface area contributed by atoms with Crippen molar-refractivity contribution in [1.82, 2.24) is 80.1 Å². The molecule has 0 unspecified atom stereocenters. The van der Waals surface area contributed by atoms with Crippen LogP contribution < -0.4 is 30.7 Å². The molecule has 6 heterocycles. The third kappa shape index (κ3) is 17.3. The number of carbonyl (C=O) groups is 4. The van der Waals surface area contributed by atoms with Crippen LogP contribution in [0.3, 0.4) is 0 Å². The quantitative estimate of drug-likeness (QED) is 0.0298. The molecule has 0 atom stereocenters. The SMILES string of the molecule is CC(C)(C)OC(=O)NCCCOc1ccc(Nc2ncc3nnn(-c4cnn(CCC(=O)O)c4)c3n2)cc1.COC(=O)CCn1cc(-n2nnc3cnc(Nc4ccc(OCCCNC(=O)OC(C)(C)C)cc4)nc32)cn1. The maximum absolute atomic E-state index is 11.7. The molecule has 0 radical (unpaired) electrons. The molecule has 406 valence electrons. The Morgan fingerprint density at radius 3 is 1.43 bits per heavy atom. The first kappa shape index (κ1) is 55.3. The van der Waals surface area contributed by atoms with Crippen LogP contribution in [0.2, 0.25) is 0 Å². The van der Waals surface area contributed by atoms with Gasteiger partial charge in [-0.3, -0.25) is 19.0 Å². The molecule has 6 aromatic heterocycles. The Bertz CT molecular complexity index is 3230. The lowest BCUT2D eigenvalue weighted by Crippen LogP contribution is -2.33. The number of aromatic nitrogens is 14. The monoisotopic (exact) mass is 1060 g/mol. The number of carboxylic acids is 1. The highest BCUT2D eigenvalue weighted by Gasteiger charge is 2.18. The summed E-state index contributed by atoms with van der Waals surface area (Å²) in [5.74, 6) is 0.886. The number of aliphatic carboxylic acids is 1. The van der Waals surface area contributed by atoms with Crippen molar-refractivity contribution in [1.29, 1.82) is 0 Å². The van der Waals surface area contributed by atoms with Gasteiger partial charge in [-0.05, 0) is 103 Å². The molecule has 0 spiro atoms. The summed E-state index contributed by atoms with van der Waals surface area (Å²) in [7, 11) is 1.35. The van der Waals surface area contributed by atoms with E-state index in [1.807, 2.05) is 90.1 Å². The van der Waals surface area contributed by atoms with Gasteiger partial charge in [-0.15, -0.1) is 10.2 Å². The van der Waals surface area contributed by atoms with Crippen LogP contribution in [-0.2, 0) is 36.9 Å². The normalized spacial score (nSPS) is 11.3. The minimum atomic E-state index is -0.899. The maximum atomic E-state index is 11.7. The number of hydrogen-bond donors (Lipinski definition) is 5. The Morgan fingerprint density at radius 2 is 1.03 bits per heavy atom. The maximum Gasteiger partial charge on any atom is 0.407 e. The molecule has 5 N–H and O–H groups in total. The summed E-state index contributed by atoms with van der Waals surface area (Å²) in [6, 6.07) is 14.7. The molecule has 8 aromatic rings. The number of fused-ring (bicyclic) bond motifs is 2. The number of ether oxygens (including phenoxy) is 5. The Kier molecular flexibility index (Phi) is 18.4. The number of rotatable bonds is 22. The van der Waals surface area contributed by atoms with Gasteiger partial charge in [-0.25, -0.2) is 19.6 Å². The van der Waals surface area contributed by atoms with Crippen molar-refractivity contribution < 1.29 is 48.0 Å². The van der Waals surface area contributed by atoms with E-state index in [-0.39, 0.29) is 25.4 Å². The Morgan fingerprint density at radius 1 is 0.597 bits per heavy atom. The van der Waals surface area contributed by atoms with Gasteiger partial charge in [0.05, 0.1) is 83.4 Å². The van der Waals surface area contributed by atoms with E-state index in [4.69, 9.17) is 24.1 Å². The van der Waals surface area contributed by atoms with Crippen LogP contribution in [0.1, 0.15) is 67.2 Å². The number of esters is 1. The van der Waals surface area contributed by atoms with Gasteiger partial charge in [0.25, 0.3) is 0 Å². The van der Waals surface area contributed by atoms with Gasteiger partial charge in [0.1, 0.15) is 34.1 Å². The van der Waals surface area contributed by atoms with Gasteiger partial charge in [-0.2, -0.15) is 29.5 Å². The Hall–Kier alpha value is -9.50. The number of methoxy groups -OCH3 is 1. The summed E-state index contributed by atoms with van der Waals surface area (Å²) in [5, 5.41) is 45.5. The fourth-order valence-electron chi connectivity index (χ4n) is 6.67. The molecular weight excluding hydrogens is 1000 g/mol. The van der Waals surface area contributed by atoms with Crippen LogP contribution in [0.4, 0.5) is 32.9 Å². The minimum Gasteiger partial charge on any atom is -0.494 e. The van der Waals surface area contributed by atoms with Gasteiger partial charge in [0, 0.05) is 24.5 Å². The van der Waals surface area contributed by atoms with Crippen molar-refractivity contribution >= 4 is 69.7 Å². The number of nitrogens with one attached hydrogen (secondary N) is 4. The second kappa shape index (κ2) is 25.6. The molecule has 0 bridgehead atoms. The highest BCUT2D eigenvalue weighted by Crippen LogP contribution is 2.23. The summed E-state index contributed by atoms with van der Waals surface area (Å²) in [4.78, 5) is 63.2. The van der Waals surface area contributed by atoms with E-state index in [0.717, 1.165) is 11.4 Å². The molecule has 0 aliphatic heterocycles. The number of nitrogens with zero attached hydrogens (tertiary/aromatic N) is 14. The van der Waals surface area contributed by atoms with E-state index >= 15 is 0 Å². The van der Waals surface area contributed by atoms with Gasteiger partial charge in [0.2, 0.25) is 11.9 Å². The highest BCUT2D eigenvalue weighted by molar-refractivity contribution is 5.74. The number of anilines is 4. The number of aryl methyl sites for hydroxylation is 2. The number of hydrogen-bond acceptors (Lipinski definition) is 21. The highest BCUT2D eigenvalue weighted by atomic mass is 16.6. The van der Waals surface area contributed by atoms with Crippen LogP contribution in [0.25, 0.3) is 33.7 Å². The molecule has 77 heavy (non-hydrogen) atoms. The van der Waals surface area contributed by atoms with Crippen LogP contribution in [-0.4, -0.2) is 143 Å². The lowest BCUT2D eigenvalue weighted by Gasteiger charge is -2.19. The minimum absolute atomic E-state index is 0.0371. The summed E-state index contributed by atoms with van der Waals surface area (Å²) in [5.41, 5.74) is 3.71. The number of alkyl carbamates (subject to hydrolysis) is 2. The molecule has 2 amide bonds. The second-order valence-corrected chi connectivity index (χ2v) is 18.8. The standard InChI is InChI=1S/C25H31N9O5.C24H29N9O5/c1-25(2,3)39-24(36)26-11-5-13-38-19-8-6-17(7-9-19)29-23-27-15-20-22(30-23)34(32-31-20)18-14-28-33(16-18)12-10-21(35)37-4;1-24(2,3)38-23(36)25-10-4-12-37-18-7-5-16(6-8-18)28-22-26-14-19-21(29-22)33(31-30-19)17-13-27-32(15-17)11-9-20(34)35/h6-9,14-16H,5,10-13H2,1-4H3,(H,26,36)(H,27,29,30);5-8,13-15H,4,9-12H2,1-3H3,(H,25,36)(H,34,35)(H,26,28,29). The first-order chi connectivity index (χ1) is 36.9. The molecule has 0 saturated heterocycles. The zero-order chi connectivity index (χ0) is 55.0. The third-order valence-corrected chi connectivity index (χ3v) is 10.2. The lowest BCUT2D eigenvalue weighted by atomic mass is 10.2. The first-order valence-corrected chi connectivity index (χ1v) is 24.3. The van der Waals surface area contributed by atoms with E-state index < -0.39 is 29.4 Å². The molecule has 8 rings (SSSR count). The van der Waals surface area contributed by atoms with E-state index in [0.29, 0.717) is 103 Å². The van der Waals surface area contributed by atoms with Crippen molar-refractivity contribution in [3.63, 3.8) is 0 Å². The van der Waals surface area contributed by atoms with E-state index in [1.54, 1.807) is 46.5 Å². The van der Waals surface area contributed by atoms with Crippen molar-refractivity contribution in [3.05, 3.63) is 85.7 Å². The fourth-order valence-corrected chi connectivity index (χ4v) is 6.67. The first-order valence-electron chi connectivity index (χ1n) is 24.3. The number of benzene rings is 2. The average molecular weight is 1060 g/mol. The zero-order valence-corrected chi connectivity index (χ0v) is 43.5. The molecule has 28 heteroatoms. The Balaban J connectivity index is 0.000000224. The zero-order valence-electron chi connectivity index (χ0n) is 43.5. The number of carboxylic acid groups (broad SMARTS) is 1. The largest absolute Gasteiger partial charge is 0.494 e. The average Bonchev–Trinajstić information content (AvgIpc) is 4.24.